The topological polar surface area (TPSA) is 55.1 Å². The van der Waals surface area contributed by atoms with E-state index >= 15 is 0 Å². The van der Waals surface area contributed by atoms with Gasteiger partial charge in [0.25, 0.3) is 0 Å². The Morgan fingerprint density at radius 3 is 1.46 bits per heavy atom. The Morgan fingerprint density at radius 2 is 0.862 bits per heavy atom. The van der Waals surface area contributed by atoms with Crippen molar-refractivity contribution in [3.05, 3.63) is 205 Å². The molecule has 9 aromatic carbocycles. The lowest BCUT2D eigenvalue weighted by Crippen LogP contribution is -2.15. The summed E-state index contributed by atoms with van der Waals surface area (Å²) in [6.45, 7) is 6.68. The van der Waals surface area contributed by atoms with Crippen LogP contribution < -0.4 is 14.5 Å². The van der Waals surface area contributed by atoms with Gasteiger partial charge in [0.05, 0.1) is 5.69 Å². The van der Waals surface area contributed by atoms with Gasteiger partial charge < -0.3 is 27.8 Å². The maximum Gasteiger partial charge on any atom is 0.148 e. The highest BCUT2D eigenvalue weighted by Crippen LogP contribution is 2.47. The molecule has 6 nitrogen and oxygen atoms in total. The Labute approximate surface area is 380 Å². The van der Waals surface area contributed by atoms with Gasteiger partial charge in [-0.05, 0) is 120 Å². The van der Waals surface area contributed by atoms with Crippen molar-refractivity contribution in [2.24, 2.45) is 0 Å². The van der Waals surface area contributed by atoms with Gasteiger partial charge in [-0.3, -0.25) is 0 Å². The fourth-order valence-electron chi connectivity index (χ4n) is 9.11. The molecule has 0 aliphatic heterocycles. The fourth-order valence-corrected chi connectivity index (χ4v) is 9.36. The molecule has 0 atom stereocenters. The van der Waals surface area contributed by atoms with Crippen molar-refractivity contribution in [2.75, 3.05) is 9.80 Å². The van der Waals surface area contributed by atoms with Crippen LogP contribution in [0.15, 0.2) is 207 Å². The first-order chi connectivity index (χ1) is 31.7. The maximum atomic E-state index is 7.50. The molecule has 314 valence electrons. The number of fused-ring (bicyclic) bond motifs is 9. The van der Waals surface area contributed by atoms with Gasteiger partial charge in [-0.25, -0.2) is 0 Å². The molecule has 0 radical (unpaired) electrons. The Balaban J connectivity index is 1.01. The van der Waals surface area contributed by atoms with Crippen LogP contribution in [-0.2, 0) is 5.41 Å². The van der Waals surface area contributed by atoms with E-state index in [1.54, 1.807) is 0 Å². The molecule has 7 heteroatoms. The molecule has 3 aromatic heterocycles. The van der Waals surface area contributed by atoms with Gasteiger partial charge in [0.1, 0.15) is 50.0 Å². The number of nitrogens with zero attached hydrogens (tertiary/aromatic N) is 2. The predicted molar refractivity (Wildman–Crippen MR) is 268 cm³/mol. The third-order valence-electron chi connectivity index (χ3n) is 12.3. The summed E-state index contributed by atoms with van der Waals surface area (Å²) < 4.78 is 25.4. The second kappa shape index (κ2) is 15.1. The monoisotopic (exact) mass is 864 g/mol. The molecule has 65 heavy (non-hydrogen) atoms. The standard InChI is InChI=1S/C58H41ClN2O4/c1-58(2,3)36-22-24-37(25-23-36)61(49-17-11-21-55(57(49)59)62-42-28-29-46-43-14-4-7-18-50(43)65-56(46)35-42)39-13-10-12-38(32-39)60(40-26-30-53-47(33-40)44-15-5-8-19-51(44)63-53)41-27-31-54-48(34-41)45-16-6-9-20-52(45)64-54/h4-35H,1-3H3. The number of rotatable bonds is 8. The van der Waals surface area contributed by atoms with E-state index in [1.807, 2.05) is 78.9 Å². The molecular formula is C58H41ClN2O4. The normalized spacial score (nSPS) is 12.0. The highest BCUT2D eigenvalue weighted by atomic mass is 35.5. The molecular weight excluding hydrogens is 824 g/mol. The number of furan rings is 3. The summed E-state index contributed by atoms with van der Waals surface area (Å²) in [6.07, 6.45) is 0. The number of benzene rings is 9. The molecule has 0 spiro atoms. The van der Waals surface area contributed by atoms with E-state index in [-0.39, 0.29) is 5.41 Å². The number of ether oxygens (including phenoxy) is 1. The summed E-state index contributed by atoms with van der Waals surface area (Å²) in [7, 11) is 0. The second-order valence-corrected chi connectivity index (χ2v) is 17.9. The van der Waals surface area contributed by atoms with Crippen LogP contribution in [0.1, 0.15) is 26.3 Å². The zero-order valence-corrected chi connectivity index (χ0v) is 36.6. The Morgan fingerprint density at radius 1 is 0.385 bits per heavy atom. The highest BCUT2D eigenvalue weighted by Gasteiger charge is 2.23. The fraction of sp³-hybridized carbons (Fsp3) is 0.0690. The number of hydrogen-bond donors (Lipinski definition) is 0. The van der Waals surface area contributed by atoms with Gasteiger partial charge in [-0.2, -0.15) is 0 Å². The summed E-state index contributed by atoms with van der Waals surface area (Å²) >= 11 is 7.50. The zero-order valence-electron chi connectivity index (χ0n) is 35.9. The molecule has 0 aliphatic rings. The van der Waals surface area contributed by atoms with Crippen molar-refractivity contribution in [2.45, 2.75) is 26.2 Å². The number of para-hydroxylation sites is 3. The smallest absolute Gasteiger partial charge is 0.148 e. The van der Waals surface area contributed by atoms with Crippen molar-refractivity contribution >= 4 is 112 Å². The molecule has 12 rings (SSSR count). The van der Waals surface area contributed by atoms with Crippen molar-refractivity contribution in [3.8, 4) is 11.5 Å². The summed E-state index contributed by atoms with van der Waals surface area (Å²) in [5.41, 5.74) is 11.7. The van der Waals surface area contributed by atoms with Gasteiger partial charge >= 0.3 is 0 Å². The van der Waals surface area contributed by atoms with Crippen LogP contribution in [-0.4, -0.2) is 0 Å². The van der Waals surface area contributed by atoms with E-state index in [4.69, 9.17) is 29.6 Å². The van der Waals surface area contributed by atoms with Crippen LogP contribution in [0.4, 0.5) is 34.1 Å². The third kappa shape index (κ3) is 6.73. The lowest BCUT2D eigenvalue weighted by molar-refractivity contribution is 0.482. The summed E-state index contributed by atoms with van der Waals surface area (Å²) in [4.78, 5) is 4.49. The van der Waals surface area contributed by atoms with Crippen LogP contribution in [0.2, 0.25) is 5.02 Å². The third-order valence-corrected chi connectivity index (χ3v) is 12.7. The van der Waals surface area contributed by atoms with Crippen molar-refractivity contribution in [3.63, 3.8) is 0 Å². The van der Waals surface area contributed by atoms with Crippen LogP contribution in [0, 0.1) is 0 Å². The lowest BCUT2D eigenvalue weighted by atomic mass is 9.87. The van der Waals surface area contributed by atoms with Crippen LogP contribution in [0.25, 0.3) is 65.8 Å². The lowest BCUT2D eigenvalue weighted by Gasteiger charge is -2.30. The zero-order chi connectivity index (χ0) is 43.8. The van der Waals surface area contributed by atoms with Gasteiger partial charge in [0.2, 0.25) is 0 Å². The number of anilines is 6. The first-order valence-corrected chi connectivity index (χ1v) is 22.1. The number of hydrogen-bond acceptors (Lipinski definition) is 6. The minimum absolute atomic E-state index is 0.0288. The van der Waals surface area contributed by atoms with Crippen LogP contribution in [0.5, 0.6) is 11.5 Å². The van der Waals surface area contributed by atoms with E-state index in [1.165, 1.54) is 5.56 Å². The summed E-state index contributed by atoms with van der Waals surface area (Å²) in [6, 6.07) is 66.4. The Hall–Kier alpha value is -7.93. The first kappa shape index (κ1) is 38.7. The molecule has 0 unspecified atom stereocenters. The molecule has 0 saturated carbocycles. The molecule has 0 fully saturated rings. The number of halogens is 1. The Bertz CT molecular complexity index is 3670. The maximum absolute atomic E-state index is 7.50. The largest absolute Gasteiger partial charge is 0.456 e. The van der Waals surface area contributed by atoms with E-state index in [0.717, 1.165) is 99.9 Å². The highest BCUT2D eigenvalue weighted by molar-refractivity contribution is 6.35. The molecule has 0 N–H and O–H groups in total. The van der Waals surface area contributed by atoms with Gasteiger partial charge in [0.15, 0.2) is 0 Å². The summed E-state index contributed by atoms with van der Waals surface area (Å²) in [5.74, 6) is 1.15. The van der Waals surface area contributed by atoms with Crippen LogP contribution >= 0.6 is 11.6 Å². The SMILES string of the molecule is CC(C)(C)c1ccc(N(c2cccc(N(c3ccc4oc5ccccc5c4c3)c3ccc4oc5ccccc5c4c3)c2)c2cccc(Oc3ccc4c(c3)oc3ccccc34)c2Cl)cc1. The van der Waals surface area contributed by atoms with E-state index in [2.05, 4.69) is 146 Å². The molecule has 12 aromatic rings. The average molecular weight is 865 g/mol. The van der Waals surface area contributed by atoms with Gasteiger partial charge in [-0.1, -0.05) is 111 Å². The van der Waals surface area contributed by atoms with Crippen molar-refractivity contribution in [1.82, 2.24) is 0 Å². The van der Waals surface area contributed by atoms with Crippen molar-refractivity contribution < 1.29 is 18.0 Å². The summed E-state index contributed by atoms with van der Waals surface area (Å²) in [5, 5.41) is 6.77. The average Bonchev–Trinajstić information content (AvgIpc) is 4.01. The van der Waals surface area contributed by atoms with E-state index in [0.29, 0.717) is 16.5 Å². The minimum Gasteiger partial charge on any atom is -0.456 e. The Kier molecular flexibility index (Phi) is 9.00. The molecule has 0 saturated heterocycles. The molecule has 0 bridgehead atoms. The van der Waals surface area contributed by atoms with Gasteiger partial charge in [-0.15, -0.1) is 0 Å². The van der Waals surface area contributed by atoms with Gasteiger partial charge in [0, 0.05) is 66.8 Å². The predicted octanol–water partition coefficient (Wildman–Crippen LogP) is 18.1. The molecule has 0 amide bonds. The first-order valence-electron chi connectivity index (χ1n) is 21.7. The van der Waals surface area contributed by atoms with E-state index in [9.17, 15) is 0 Å². The quantitative estimate of drug-likeness (QED) is 0.152. The second-order valence-electron chi connectivity index (χ2n) is 17.5. The molecule has 3 heterocycles. The van der Waals surface area contributed by atoms with Crippen LogP contribution in [0.3, 0.4) is 0 Å². The van der Waals surface area contributed by atoms with E-state index < -0.39 is 0 Å². The minimum atomic E-state index is -0.0288. The van der Waals surface area contributed by atoms with Crippen molar-refractivity contribution in [1.29, 1.82) is 0 Å². The molecule has 0 aliphatic carbocycles.